The van der Waals surface area contributed by atoms with Crippen LogP contribution in [0.25, 0.3) is 0 Å². The first-order chi connectivity index (χ1) is 8.06. The molecule has 0 aliphatic rings. The zero-order valence-electron chi connectivity index (χ0n) is 9.59. The van der Waals surface area contributed by atoms with Crippen molar-refractivity contribution in [3.8, 4) is 0 Å². The number of aromatic nitrogens is 2. The van der Waals surface area contributed by atoms with Crippen LogP contribution < -0.4 is 0 Å². The zero-order chi connectivity index (χ0) is 12.4. The molecule has 1 N–H and O–H groups in total. The fourth-order valence-electron chi connectivity index (χ4n) is 1.44. The lowest BCUT2D eigenvalue weighted by molar-refractivity contribution is 0.199. The number of nitrogens with zero attached hydrogens (tertiary/aromatic N) is 2. The molecule has 0 fully saturated rings. The molecule has 0 radical (unpaired) electrons. The molecule has 0 aliphatic carbocycles. The highest BCUT2D eigenvalue weighted by molar-refractivity contribution is 7.99. The van der Waals surface area contributed by atoms with Crippen molar-refractivity contribution in [3.05, 3.63) is 41.2 Å². The topological polar surface area (TPSA) is 38.1 Å². The average molecular weight is 269 g/mol. The molecule has 0 saturated carbocycles. The van der Waals surface area contributed by atoms with Gasteiger partial charge < -0.3 is 5.11 Å². The molecule has 2 aromatic rings. The van der Waals surface area contributed by atoms with E-state index in [1.54, 1.807) is 35.6 Å². The number of benzene rings is 1. The molecule has 0 saturated heterocycles. The lowest BCUT2D eigenvalue weighted by Gasteiger charge is -2.07. The maximum atomic E-state index is 9.45. The van der Waals surface area contributed by atoms with Crippen LogP contribution in [0.3, 0.4) is 0 Å². The summed E-state index contributed by atoms with van der Waals surface area (Å²) >= 11 is 7.73. The minimum atomic E-state index is -0.495. The Kier molecular flexibility index (Phi) is 3.76. The summed E-state index contributed by atoms with van der Waals surface area (Å²) in [5.41, 5.74) is 0.825. The van der Waals surface area contributed by atoms with E-state index in [1.807, 2.05) is 25.4 Å². The van der Waals surface area contributed by atoms with Gasteiger partial charge in [0.2, 0.25) is 0 Å². The quantitative estimate of drug-likeness (QED) is 0.928. The highest BCUT2D eigenvalue weighted by Gasteiger charge is 2.07. The standard InChI is InChI=1S/C12H13ClN2OS/c1-8(16)9-3-4-12(11(13)5-9)17-10-6-14-15(2)7-10/h3-8,16H,1-2H3. The predicted molar refractivity (Wildman–Crippen MR) is 69.4 cm³/mol. The third-order valence-corrected chi connectivity index (χ3v) is 3.79. The van der Waals surface area contributed by atoms with Gasteiger partial charge in [0.25, 0.3) is 0 Å². The van der Waals surface area contributed by atoms with E-state index in [2.05, 4.69) is 5.10 Å². The van der Waals surface area contributed by atoms with Gasteiger partial charge in [-0.05, 0) is 24.6 Å². The van der Waals surface area contributed by atoms with Crippen LogP contribution in [0, 0.1) is 0 Å². The third kappa shape index (κ3) is 3.03. The lowest BCUT2D eigenvalue weighted by atomic mass is 10.1. The maximum Gasteiger partial charge on any atom is 0.0762 e. The van der Waals surface area contributed by atoms with Gasteiger partial charge in [0.05, 0.1) is 22.2 Å². The van der Waals surface area contributed by atoms with E-state index in [4.69, 9.17) is 11.6 Å². The van der Waals surface area contributed by atoms with Gasteiger partial charge in [-0.15, -0.1) is 0 Å². The minimum Gasteiger partial charge on any atom is -0.389 e. The highest BCUT2D eigenvalue weighted by Crippen LogP contribution is 2.34. The molecule has 2 rings (SSSR count). The summed E-state index contributed by atoms with van der Waals surface area (Å²) in [6, 6.07) is 5.60. The summed E-state index contributed by atoms with van der Waals surface area (Å²) in [6.45, 7) is 1.72. The summed E-state index contributed by atoms with van der Waals surface area (Å²) in [7, 11) is 1.88. The molecule has 5 heteroatoms. The molecule has 1 atom stereocenters. The first-order valence-corrected chi connectivity index (χ1v) is 6.39. The highest BCUT2D eigenvalue weighted by atomic mass is 35.5. The second kappa shape index (κ2) is 5.12. The number of rotatable bonds is 3. The van der Waals surface area contributed by atoms with Crippen molar-refractivity contribution >= 4 is 23.4 Å². The fourth-order valence-corrected chi connectivity index (χ4v) is 2.59. The van der Waals surface area contributed by atoms with Crippen molar-refractivity contribution in [2.45, 2.75) is 22.8 Å². The van der Waals surface area contributed by atoms with E-state index in [9.17, 15) is 5.11 Å². The number of aliphatic hydroxyl groups excluding tert-OH is 1. The van der Waals surface area contributed by atoms with E-state index < -0.39 is 6.10 Å². The van der Waals surface area contributed by atoms with E-state index >= 15 is 0 Å². The van der Waals surface area contributed by atoms with E-state index in [0.29, 0.717) is 5.02 Å². The van der Waals surface area contributed by atoms with Crippen molar-refractivity contribution in [3.63, 3.8) is 0 Å². The predicted octanol–water partition coefficient (Wildman–Crippen LogP) is 3.28. The molecule has 0 bridgehead atoms. The summed E-state index contributed by atoms with van der Waals surface area (Å²) in [5.74, 6) is 0. The van der Waals surface area contributed by atoms with Gasteiger partial charge in [0, 0.05) is 18.1 Å². The Bertz CT molecular complexity index is 525. The molecule has 17 heavy (non-hydrogen) atoms. The smallest absolute Gasteiger partial charge is 0.0762 e. The number of aliphatic hydroxyl groups is 1. The second-order valence-corrected chi connectivity index (χ2v) is 5.34. The largest absolute Gasteiger partial charge is 0.389 e. The van der Waals surface area contributed by atoms with Crippen LogP contribution in [0.5, 0.6) is 0 Å². The molecule has 0 amide bonds. The molecule has 0 aliphatic heterocycles. The van der Waals surface area contributed by atoms with Gasteiger partial charge >= 0.3 is 0 Å². The lowest BCUT2D eigenvalue weighted by Crippen LogP contribution is -1.90. The van der Waals surface area contributed by atoms with Gasteiger partial charge in [0.15, 0.2) is 0 Å². The Morgan fingerprint density at radius 3 is 2.76 bits per heavy atom. The van der Waals surface area contributed by atoms with Crippen LogP contribution in [-0.4, -0.2) is 14.9 Å². The van der Waals surface area contributed by atoms with Crippen molar-refractivity contribution < 1.29 is 5.11 Å². The summed E-state index contributed by atoms with van der Waals surface area (Å²) in [6.07, 6.45) is 3.23. The molecular weight excluding hydrogens is 256 g/mol. The Morgan fingerprint density at radius 2 is 2.24 bits per heavy atom. The summed E-state index contributed by atoms with van der Waals surface area (Å²) in [4.78, 5) is 2.00. The fraction of sp³-hybridized carbons (Fsp3) is 0.250. The Hall–Kier alpha value is -0.970. The molecule has 1 aromatic heterocycles. The third-order valence-electron chi connectivity index (χ3n) is 2.35. The first kappa shape index (κ1) is 12.5. The molecular formula is C12H13ClN2OS. The van der Waals surface area contributed by atoms with Crippen molar-refractivity contribution in [1.29, 1.82) is 0 Å². The van der Waals surface area contributed by atoms with Gasteiger partial charge in [0.1, 0.15) is 0 Å². The van der Waals surface area contributed by atoms with Crippen LogP contribution >= 0.6 is 23.4 Å². The summed E-state index contributed by atoms with van der Waals surface area (Å²) in [5, 5.41) is 14.2. The maximum absolute atomic E-state index is 9.45. The molecule has 0 spiro atoms. The van der Waals surface area contributed by atoms with Gasteiger partial charge in [-0.25, -0.2) is 0 Å². The van der Waals surface area contributed by atoms with E-state index in [-0.39, 0.29) is 0 Å². The Balaban J connectivity index is 2.22. The van der Waals surface area contributed by atoms with Gasteiger partial charge in [-0.1, -0.05) is 29.4 Å². The molecule has 1 unspecified atom stereocenters. The molecule has 1 heterocycles. The normalized spacial score (nSPS) is 12.7. The van der Waals surface area contributed by atoms with E-state index in [0.717, 1.165) is 15.4 Å². The van der Waals surface area contributed by atoms with Crippen molar-refractivity contribution in [2.75, 3.05) is 0 Å². The SMILES string of the molecule is CC(O)c1ccc(Sc2cnn(C)c2)c(Cl)c1. The Morgan fingerprint density at radius 1 is 1.47 bits per heavy atom. The second-order valence-electron chi connectivity index (χ2n) is 3.82. The van der Waals surface area contributed by atoms with Crippen LogP contribution in [0.15, 0.2) is 40.4 Å². The number of aryl methyl sites for hydroxylation is 1. The molecule has 1 aromatic carbocycles. The average Bonchev–Trinajstić information content (AvgIpc) is 2.67. The van der Waals surface area contributed by atoms with Crippen molar-refractivity contribution in [2.24, 2.45) is 7.05 Å². The van der Waals surface area contributed by atoms with Gasteiger partial charge in [-0.2, -0.15) is 5.10 Å². The molecule has 3 nitrogen and oxygen atoms in total. The number of halogens is 1. The minimum absolute atomic E-state index is 0.495. The van der Waals surface area contributed by atoms with Crippen LogP contribution in [0.1, 0.15) is 18.6 Å². The Labute approximate surface area is 109 Å². The first-order valence-electron chi connectivity index (χ1n) is 5.20. The zero-order valence-corrected chi connectivity index (χ0v) is 11.2. The van der Waals surface area contributed by atoms with Crippen LogP contribution in [-0.2, 0) is 7.05 Å². The number of hydrogen-bond donors (Lipinski definition) is 1. The molecule has 90 valence electrons. The van der Waals surface area contributed by atoms with E-state index in [1.165, 1.54) is 0 Å². The summed E-state index contributed by atoms with van der Waals surface area (Å²) < 4.78 is 1.75. The van der Waals surface area contributed by atoms with Crippen LogP contribution in [0.2, 0.25) is 5.02 Å². The van der Waals surface area contributed by atoms with Gasteiger partial charge in [-0.3, -0.25) is 4.68 Å². The van der Waals surface area contributed by atoms with Crippen molar-refractivity contribution in [1.82, 2.24) is 9.78 Å². The van der Waals surface area contributed by atoms with Crippen LogP contribution in [0.4, 0.5) is 0 Å². The number of hydrogen-bond acceptors (Lipinski definition) is 3. The monoisotopic (exact) mass is 268 g/mol.